The summed E-state index contributed by atoms with van der Waals surface area (Å²) < 4.78 is 0. The second-order valence-corrected chi connectivity index (χ2v) is 5.90. The van der Waals surface area contributed by atoms with E-state index in [4.69, 9.17) is 5.11 Å². The molecule has 0 aromatic heterocycles. The zero-order chi connectivity index (χ0) is 12.8. The van der Waals surface area contributed by atoms with Gasteiger partial charge in [-0.15, -0.1) is 0 Å². The molecule has 1 N–H and O–H groups in total. The molecule has 0 aliphatic carbocycles. The third kappa shape index (κ3) is 8.02. The van der Waals surface area contributed by atoms with Crippen LogP contribution in [-0.2, 0) is 0 Å². The molecule has 0 aromatic rings. The van der Waals surface area contributed by atoms with Crippen LogP contribution in [0.5, 0.6) is 0 Å². The first-order valence-electron chi connectivity index (χ1n) is 5.85. The lowest BCUT2D eigenvalue weighted by Gasteiger charge is -2.32. The van der Waals surface area contributed by atoms with Gasteiger partial charge in [0.25, 0.3) is 0 Å². The Morgan fingerprint density at radius 2 is 1.62 bits per heavy atom. The fraction of sp³-hybridized carbons (Fsp3) is 0.917. The molecule has 3 nitrogen and oxygen atoms in total. The monoisotopic (exact) mass is 246 g/mol. The van der Waals surface area contributed by atoms with Crippen molar-refractivity contribution in [2.24, 2.45) is 0 Å². The standard InChI is InChI=1S/C12H26N2OS/c1-12(2,3)14(5)9-7-6-8-13(4)10-11(15)16/h6-10H2,1-5H3,(H,15,16). The van der Waals surface area contributed by atoms with Crippen molar-refractivity contribution in [2.45, 2.75) is 39.2 Å². The van der Waals surface area contributed by atoms with Crippen molar-refractivity contribution in [3.63, 3.8) is 0 Å². The normalized spacial score (nSPS) is 12.4. The second kappa shape index (κ2) is 7.20. The molecular weight excluding hydrogens is 220 g/mol. The summed E-state index contributed by atoms with van der Waals surface area (Å²) >= 11 is 4.65. The van der Waals surface area contributed by atoms with Crippen molar-refractivity contribution in [1.29, 1.82) is 0 Å². The number of aliphatic hydroxyl groups excluding tert-OH is 1. The Balaban J connectivity index is 3.57. The minimum Gasteiger partial charge on any atom is -0.501 e. The van der Waals surface area contributed by atoms with E-state index in [2.05, 4.69) is 49.8 Å². The number of nitrogens with zero attached hydrogens (tertiary/aromatic N) is 2. The minimum atomic E-state index is 0.0781. The number of unbranched alkanes of at least 4 members (excludes halogenated alkanes) is 1. The second-order valence-electron chi connectivity index (χ2n) is 5.43. The molecule has 0 radical (unpaired) electrons. The predicted molar refractivity (Wildman–Crippen MR) is 74.3 cm³/mol. The molecule has 0 aliphatic rings. The van der Waals surface area contributed by atoms with Crippen LogP contribution in [0.25, 0.3) is 0 Å². The quantitative estimate of drug-likeness (QED) is 0.551. The largest absolute Gasteiger partial charge is 0.501 e. The molecule has 0 fully saturated rings. The van der Waals surface area contributed by atoms with E-state index in [9.17, 15) is 0 Å². The van der Waals surface area contributed by atoms with E-state index >= 15 is 0 Å². The molecule has 0 rings (SSSR count). The summed E-state index contributed by atoms with van der Waals surface area (Å²) in [6.07, 6.45) is 2.32. The number of hydrogen-bond acceptors (Lipinski definition) is 3. The average Bonchev–Trinajstić information content (AvgIpc) is 2.09. The van der Waals surface area contributed by atoms with Gasteiger partial charge in [-0.25, -0.2) is 0 Å². The van der Waals surface area contributed by atoms with E-state index in [1.165, 1.54) is 6.42 Å². The molecule has 0 unspecified atom stereocenters. The topological polar surface area (TPSA) is 26.7 Å². The van der Waals surface area contributed by atoms with Gasteiger partial charge in [-0.3, -0.25) is 4.90 Å². The molecule has 0 spiro atoms. The van der Waals surface area contributed by atoms with Gasteiger partial charge in [0, 0.05) is 5.54 Å². The Morgan fingerprint density at radius 3 is 2.06 bits per heavy atom. The average molecular weight is 246 g/mol. The van der Waals surface area contributed by atoms with E-state index in [1.807, 2.05) is 7.05 Å². The van der Waals surface area contributed by atoms with Crippen LogP contribution >= 0.6 is 12.2 Å². The van der Waals surface area contributed by atoms with Gasteiger partial charge in [-0.05, 0) is 73.0 Å². The maximum absolute atomic E-state index is 8.96. The first-order valence-corrected chi connectivity index (χ1v) is 6.26. The van der Waals surface area contributed by atoms with Crippen molar-refractivity contribution in [2.75, 3.05) is 33.7 Å². The first-order chi connectivity index (χ1) is 7.23. The highest BCUT2D eigenvalue weighted by Gasteiger charge is 2.15. The molecule has 96 valence electrons. The number of rotatable bonds is 7. The summed E-state index contributed by atoms with van der Waals surface area (Å²) in [6.45, 7) is 9.28. The molecule has 0 heterocycles. The van der Waals surface area contributed by atoms with Crippen LogP contribution < -0.4 is 0 Å². The van der Waals surface area contributed by atoms with E-state index in [0.29, 0.717) is 6.54 Å². The Bertz CT molecular complexity index is 214. The zero-order valence-electron chi connectivity index (χ0n) is 11.3. The van der Waals surface area contributed by atoms with Crippen LogP contribution in [0.2, 0.25) is 0 Å². The van der Waals surface area contributed by atoms with Crippen molar-refractivity contribution in [3.05, 3.63) is 0 Å². The van der Waals surface area contributed by atoms with Gasteiger partial charge in [-0.1, -0.05) is 0 Å². The van der Waals surface area contributed by atoms with Crippen molar-refractivity contribution >= 4 is 17.3 Å². The lowest BCUT2D eigenvalue weighted by molar-refractivity contribution is 0.170. The fourth-order valence-electron chi connectivity index (χ4n) is 1.38. The van der Waals surface area contributed by atoms with E-state index in [-0.39, 0.29) is 10.6 Å². The van der Waals surface area contributed by atoms with Crippen LogP contribution in [0.3, 0.4) is 0 Å². The number of likely N-dealkylation sites (N-methyl/N-ethyl adjacent to an activating group) is 1. The summed E-state index contributed by atoms with van der Waals surface area (Å²) in [7, 11) is 4.14. The van der Waals surface area contributed by atoms with Gasteiger partial charge in [0.2, 0.25) is 0 Å². The minimum absolute atomic E-state index is 0.0781. The van der Waals surface area contributed by atoms with Gasteiger partial charge in [0.1, 0.15) is 0 Å². The zero-order valence-corrected chi connectivity index (χ0v) is 12.1. The van der Waals surface area contributed by atoms with Gasteiger partial charge in [-0.2, -0.15) is 0 Å². The Hall–Kier alpha value is -0.190. The number of hydrogen-bond donors (Lipinski definition) is 1. The Morgan fingerprint density at radius 1 is 1.12 bits per heavy atom. The summed E-state index contributed by atoms with van der Waals surface area (Å²) in [5, 5.41) is 9.03. The molecule has 0 bridgehead atoms. The van der Waals surface area contributed by atoms with Gasteiger partial charge in [0.15, 0.2) is 5.05 Å². The van der Waals surface area contributed by atoms with Gasteiger partial charge >= 0.3 is 0 Å². The van der Waals surface area contributed by atoms with E-state index in [0.717, 1.165) is 19.5 Å². The number of thiocarbonyl (C=S) groups is 1. The molecule has 4 heteroatoms. The summed E-state index contributed by atoms with van der Waals surface area (Å²) in [5.41, 5.74) is 0.249. The highest BCUT2D eigenvalue weighted by molar-refractivity contribution is 7.80. The number of aliphatic hydroxyl groups is 1. The van der Waals surface area contributed by atoms with Crippen LogP contribution in [0.1, 0.15) is 33.6 Å². The third-order valence-corrected chi connectivity index (χ3v) is 2.96. The molecular formula is C12H26N2OS. The highest BCUT2D eigenvalue weighted by Crippen LogP contribution is 2.11. The smallest absolute Gasteiger partial charge is 0.170 e. The van der Waals surface area contributed by atoms with Crippen LogP contribution in [-0.4, -0.2) is 59.2 Å². The van der Waals surface area contributed by atoms with Crippen LogP contribution in [0.4, 0.5) is 0 Å². The first kappa shape index (κ1) is 15.8. The Labute approximate surface area is 105 Å². The van der Waals surface area contributed by atoms with Gasteiger partial charge in [0.05, 0.1) is 6.54 Å². The van der Waals surface area contributed by atoms with E-state index in [1.54, 1.807) is 0 Å². The molecule has 0 saturated carbocycles. The maximum atomic E-state index is 8.96. The molecule has 0 aromatic carbocycles. The predicted octanol–water partition coefficient (Wildman–Crippen LogP) is 2.31. The summed E-state index contributed by atoms with van der Waals surface area (Å²) in [5.74, 6) is 0. The fourth-order valence-corrected chi connectivity index (χ4v) is 1.60. The van der Waals surface area contributed by atoms with Crippen LogP contribution in [0.15, 0.2) is 0 Å². The Kier molecular flexibility index (Phi) is 7.11. The third-order valence-electron chi connectivity index (χ3n) is 2.83. The van der Waals surface area contributed by atoms with E-state index < -0.39 is 0 Å². The summed E-state index contributed by atoms with van der Waals surface area (Å²) in [4.78, 5) is 4.42. The highest BCUT2D eigenvalue weighted by atomic mass is 32.1. The molecule has 0 saturated heterocycles. The lowest BCUT2D eigenvalue weighted by Crippen LogP contribution is -2.38. The van der Waals surface area contributed by atoms with Crippen LogP contribution in [0, 0.1) is 0 Å². The molecule has 0 aliphatic heterocycles. The summed E-state index contributed by atoms with van der Waals surface area (Å²) in [6, 6.07) is 0. The SMILES string of the molecule is CN(CCCCN(C)C(C)(C)C)CC(O)=S. The lowest BCUT2D eigenvalue weighted by atomic mass is 10.1. The molecule has 0 atom stereocenters. The van der Waals surface area contributed by atoms with Crippen molar-refractivity contribution < 1.29 is 5.11 Å². The van der Waals surface area contributed by atoms with Crippen molar-refractivity contribution in [3.8, 4) is 0 Å². The maximum Gasteiger partial charge on any atom is 0.170 e. The molecule has 16 heavy (non-hydrogen) atoms. The van der Waals surface area contributed by atoms with Crippen molar-refractivity contribution in [1.82, 2.24) is 9.80 Å². The van der Waals surface area contributed by atoms with Gasteiger partial charge < -0.3 is 10.0 Å². The molecule has 0 amide bonds.